The van der Waals surface area contributed by atoms with Gasteiger partial charge in [-0.2, -0.15) is 0 Å². The minimum atomic E-state index is -3.56. The molecule has 0 unspecified atom stereocenters. The minimum absolute atomic E-state index is 0.154. The zero-order valence-electron chi connectivity index (χ0n) is 12.6. The van der Waals surface area contributed by atoms with Gasteiger partial charge in [0.05, 0.1) is 10.7 Å². The number of rotatable bonds is 7. The molecule has 0 spiro atoms. The number of nitro benzene ring substituents is 1. The highest BCUT2D eigenvalue weighted by atomic mass is 32.2. The van der Waals surface area contributed by atoms with Crippen LogP contribution in [0.3, 0.4) is 0 Å². The van der Waals surface area contributed by atoms with Gasteiger partial charge in [0.2, 0.25) is 10.0 Å². The van der Waals surface area contributed by atoms with Gasteiger partial charge in [-0.15, -0.1) is 0 Å². The van der Waals surface area contributed by atoms with Crippen molar-refractivity contribution in [3.63, 3.8) is 0 Å². The summed E-state index contributed by atoms with van der Waals surface area (Å²) in [7, 11) is -2.03. The number of likely N-dealkylation sites (N-methyl/N-ethyl adjacent to an activating group) is 1. The van der Waals surface area contributed by atoms with E-state index in [0.29, 0.717) is 13.1 Å². The van der Waals surface area contributed by atoms with Crippen LogP contribution in [-0.4, -0.2) is 55.8 Å². The maximum absolute atomic E-state index is 12.4. The van der Waals surface area contributed by atoms with Gasteiger partial charge >= 0.3 is 0 Å². The van der Waals surface area contributed by atoms with Gasteiger partial charge in [0.25, 0.3) is 5.69 Å². The lowest BCUT2D eigenvalue weighted by Gasteiger charge is -2.21. The third kappa shape index (κ3) is 4.25. The zero-order chi connectivity index (χ0) is 16.2. The largest absolute Gasteiger partial charge is 0.302 e. The first-order valence-electron chi connectivity index (χ1n) is 7.29. The van der Waals surface area contributed by atoms with Crippen molar-refractivity contribution in [2.75, 3.05) is 33.2 Å². The molecule has 1 aromatic rings. The van der Waals surface area contributed by atoms with Crippen LogP contribution in [-0.2, 0) is 15.8 Å². The SMILES string of the molecule is CN(CCN1CCCC1)S(=O)(=O)Cc1ccccc1[N+](=O)[O-]. The number of nitrogens with zero attached hydrogens (tertiary/aromatic N) is 3. The summed E-state index contributed by atoms with van der Waals surface area (Å²) >= 11 is 0. The van der Waals surface area contributed by atoms with Crippen molar-refractivity contribution in [2.24, 2.45) is 0 Å². The average Bonchev–Trinajstić information content (AvgIpc) is 2.97. The highest BCUT2D eigenvalue weighted by Crippen LogP contribution is 2.21. The van der Waals surface area contributed by atoms with E-state index in [0.717, 1.165) is 25.9 Å². The number of sulfonamides is 1. The van der Waals surface area contributed by atoms with Gasteiger partial charge < -0.3 is 4.90 Å². The van der Waals surface area contributed by atoms with Crippen molar-refractivity contribution in [3.8, 4) is 0 Å². The molecule has 1 aliphatic rings. The molecule has 1 fully saturated rings. The van der Waals surface area contributed by atoms with Gasteiger partial charge in [-0.1, -0.05) is 18.2 Å². The Balaban J connectivity index is 2.02. The first-order chi connectivity index (χ1) is 10.4. The Bertz CT molecular complexity index is 627. The quantitative estimate of drug-likeness (QED) is 0.559. The van der Waals surface area contributed by atoms with Crippen molar-refractivity contribution in [3.05, 3.63) is 39.9 Å². The van der Waals surface area contributed by atoms with E-state index in [9.17, 15) is 18.5 Å². The summed E-state index contributed by atoms with van der Waals surface area (Å²) < 4.78 is 26.0. The molecule has 0 bridgehead atoms. The van der Waals surface area contributed by atoms with Gasteiger partial charge in [0.1, 0.15) is 0 Å². The van der Waals surface area contributed by atoms with Gasteiger partial charge in [-0.3, -0.25) is 10.1 Å². The van der Waals surface area contributed by atoms with Crippen LogP contribution in [0.4, 0.5) is 5.69 Å². The highest BCUT2D eigenvalue weighted by molar-refractivity contribution is 7.88. The van der Waals surface area contributed by atoms with Crippen LogP contribution in [0.1, 0.15) is 18.4 Å². The minimum Gasteiger partial charge on any atom is -0.302 e. The summed E-state index contributed by atoms with van der Waals surface area (Å²) in [4.78, 5) is 12.7. The predicted molar refractivity (Wildman–Crippen MR) is 84.0 cm³/mol. The first-order valence-corrected chi connectivity index (χ1v) is 8.90. The van der Waals surface area contributed by atoms with Crippen LogP contribution in [0.5, 0.6) is 0 Å². The first kappa shape index (κ1) is 16.9. The summed E-state index contributed by atoms with van der Waals surface area (Å²) in [6.45, 7) is 3.13. The fourth-order valence-electron chi connectivity index (χ4n) is 2.55. The van der Waals surface area contributed by atoms with Crippen molar-refractivity contribution in [1.82, 2.24) is 9.21 Å². The second-order valence-corrected chi connectivity index (χ2v) is 7.59. The van der Waals surface area contributed by atoms with Crippen molar-refractivity contribution in [2.45, 2.75) is 18.6 Å². The Morgan fingerprint density at radius 2 is 1.91 bits per heavy atom. The Morgan fingerprint density at radius 1 is 1.27 bits per heavy atom. The van der Waals surface area contributed by atoms with Crippen molar-refractivity contribution in [1.29, 1.82) is 0 Å². The Morgan fingerprint density at radius 3 is 2.55 bits per heavy atom. The van der Waals surface area contributed by atoms with Crippen LogP contribution in [0, 0.1) is 10.1 Å². The van der Waals surface area contributed by atoms with Crippen molar-refractivity contribution < 1.29 is 13.3 Å². The molecule has 8 heteroatoms. The Labute approximate surface area is 130 Å². The molecule has 0 N–H and O–H groups in total. The molecular formula is C14H21N3O4S. The predicted octanol–water partition coefficient (Wildman–Crippen LogP) is 1.45. The fourth-order valence-corrected chi connectivity index (χ4v) is 3.76. The highest BCUT2D eigenvalue weighted by Gasteiger charge is 2.24. The van der Waals surface area contributed by atoms with Crippen LogP contribution in [0.2, 0.25) is 0 Å². The number of para-hydroxylation sites is 1. The van der Waals surface area contributed by atoms with E-state index < -0.39 is 14.9 Å². The number of nitro groups is 1. The molecule has 0 aliphatic carbocycles. The summed E-state index contributed by atoms with van der Waals surface area (Å²) in [6, 6.07) is 5.96. The third-order valence-corrected chi connectivity index (χ3v) is 5.74. The molecule has 0 saturated carbocycles. The van der Waals surface area contributed by atoms with E-state index in [1.165, 1.54) is 29.6 Å². The molecule has 0 radical (unpaired) electrons. The maximum Gasteiger partial charge on any atom is 0.273 e. The molecule has 7 nitrogen and oxygen atoms in total. The average molecular weight is 327 g/mol. The third-order valence-electron chi connectivity index (χ3n) is 3.93. The molecule has 0 aromatic heterocycles. The molecule has 1 aromatic carbocycles. The van der Waals surface area contributed by atoms with Crippen LogP contribution in [0.25, 0.3) is 0 Å². The molecule has 0 atom stereocenters. The van der Waals surface area contributed by atoms with E-state index in [-0.39, 0.29) is 17.0 Å². The lowest BCUT2D eigenvalue weighted by Crippen LogP contribution is -2.35. The molecule has 0 amide bonds. The number of hydrogen-bond donors (Lipinski definition) is 0. The lowest BCUT2D eigenvalue weighted by atomic mass is 10.2. The lowest BCUT2D eigenvalue weighted by molar-refractivity contribution is -0.385. The molecule has 22 heavy (non-hydrogen) atoms. The molecular weight excluding hydrogens is 306 g/mol. The topological polar surface area (TPSA) is 83.8 Å². The van der Waals surface area contributed by atoms with Crippen LogP contribution >= 0.6 is 0 Å². The number of hydrogen-bond acceptors (Lipinski definition) is 5. The molecule has 1 aliphatic heterocycles. The van der Waals surface area contributed by atoms with E-state index >= 15 is 0 Å². The van der Waals surface area contributed by atoms with E-state index in [2.05, 4.69) is 4.90 Å². The Kier molecular flexibility index (Phi) is 5.49. The van der Waals surface area contributed by atoms with E-state index in [1.54, 1.807) is 6.07 Å². The molecule has 2 rings (SSSR count). The molecule has 1 heterocycles. The zero-order valence-corrected chi connectivity index (χ0v) is 13.5. The summed E-state index contributed by atoms with van der Waals surface area (Å²) in [5.41, 5.74) is 0.0690. The summed E-state index contributed by atoms with van der Waals surface area (Å²) in [5, 5.41) is 11.0. The summed E-state index contributed by atoms with van der Waals surface area (Å²) in [5.74, 6) is -0.347. The standard InChI is InChI=1S/C14H21N3O4S/c1-15(10-11-16-8-4-5-9-16)22(20,21)12-13-6-2-3-7-14(13)17(18)19/h2-3,6-7H,4-5,8-12H2,1H3. The monoisotopic (exact) mass is 327 g/mol. The normalized spacial score (nSPS) is 16.3. The smallest absolute Gasteiger partial charge is 0.273 e. The number of benzene rings is 1. The second kappa shape index (κ2) is 7.17. The van der Waals surface area contributed by atoms with Crippen LogP contribution in [0.15, 0.2) is 24.3 Å². The van der Waals surface area contributed by atoms with E-state index in [1.807, 2.05) is 0 Å². The van der Waals surface area contributed by atoms with Crippen molar-refractivity contribution >= 4 is 15.7 Å². The maximum atomic E-state index is 12.4. The number of likely N-dealkylation sites (tertiary alicyclic amines) is 1. The van der Waals surface area contributed by atoms with Gasteiger partial charge in [0.15, 0.2) is 0 Å². The molecule has 1 saturated heterocycles. The van der Waals surface area contributed by atoms with Crippen LogP contribution < -0.4 is 0 Å². The van der Waals surface area contributed by atoms with Gasteiger partial charge in [-0.25, -0.2) is 12.7 Å². The summed E-state index contributed by atoms with van der Waals surface area (Å²) in [6.07, 6.45) is 2.32. The van der Waals surface area contributed by atoms with E-state index in [4.69, 9.17) is 0 Å². The van der Waals surface area contributed by atoms with Gasteiger partial charge in [0, 0.05) is 31.8 Å². The second-order valence-electron chi connectivity index (χ2n) is 5.51. The molecule has 122 valence electrons. The fraction of sp³-hybridized carbons (Fsp3) is 0.571. The Hall–Kier alpha value is -1.51. The van der Waals surface area contributed by atoms with Gasteiger partial charge in [-0.05, 0) is 25.9 Å².